The molecule has 0 aromatic heterocycles. The summed E-state index contributed by atoms with van der Waals surface area (Å²) in [4.78, 5) is 63.0. The van der Waals surface area contributed by atoms with Crippen LogP contribution in [0.25, 0.3) is 0 Å². The normalized spacial score (nSPS) is 23.5. The van der Waals surface area contributed by atoms with Crippen molar-refractivity contribution in [1.29, 1.82) is 0 Å². The number of carbonyl (C=O) groups is 5. The molecule has 3 amide bonds. The zero-order valence-corrected chi connectivity index (χ0v) is 29.1. The van der Waals surface area contributed by atoms with Gasteiger partial charge in [-0.3, -0.25) is 19.2 Å². The van der Waals surface area contributed by atoms with Crippen molar-refractivity contribution in [3.63, 3.8) is 0 Å². The van der Waals surface area contributed by atoms with Crippen molar-refractivity contribution in [3.05, 3.63) is 36.1 Å². The molecular weight excluding hydrogens is 584 g/mol. The molecule has 1 saturated heterocycles. The summed E-state index contributed by atoms with van der Waals surface area (Å²) in [6.45, 7) is 16.0. The Kier molecular flexibility index (Phi) is 19.6. The average molecular weight is 645 g/mol. The molecule has 0 aromatic rings. The molecule has 6 atom stereocenters. The van der Waals surface area contributed by atoms with Crippen molar-refractivity contribution >= 4 is 29.5 Å². The molecule has 0 spiro atoms. The number of rotatable bonds is 17. The first kappa shape index (κ1) is 40.6. The van der Waals surface area contributed by atoms with Crippen LogP contribution in [0.15, 0.2) is 36.1 Å². The fourth-order valence-electron chi connectivity index (χ4n) is 5.14. The number of hydrogen-bond donors (Lipinski definition) is 4. The van der Waals surface area contributed by atoms with Crippen LogP contribution < -0.4 is 21.7 Å². The fourth-order valence-corrected chi connectivity index (χ4v) is 5.14. The van der Waals surface area contributed by atoms with E-state index in [9.17, 15) is 24.0 Å². The lowest BCUT2D eigenvalue weighted by Gasteiger charge is -2.29. The van der Waals surface area contributed by atoms with E-state index < -0.39 is 41.8 Å². The zero-order valence-electron chi connectivity index (χ0n) is 29.1. The number of esters is 1. The van der Waals surface area contributed by atoms with E-state index in [2.05, 4.69) is 42.5 Å². The van der Waals surface area contributed by atoms with Gasteiger partial charge in [0.05, 0.1) is 11.6 Å². The Morgan fingerprint density at radius 3 is 2.39 bits per heavy atom. The number of amides is 3. The standard InChI is InChI=1S/C36H60N4O6/c1-8-9-10-11-13-24(2)14-12-15-25(3)16-19-31(41)26(4)17-20-32-27(5)22-38-29(7)35(44)39-23-28(6)34(43)40-30(36(45)46-32)18-21-33(37)42/h15-16,19,24,26-28,30,32,38H,7-14,17-18,20-23H2,1-6H3,(H2,37,42)(H,39,44)(H,40,43)/t24-,26+,27-,28-,30-,32-/m0/s1. The van der Waals surface area contributed by atoms with Crippen molar-refractivity contribution in [1.82, 2.24) is 16.0 Å². The van der Waals surface area contributed by atoms with E-state index in [4.69, 9.17) is 10.5 Å². The Labute approximate surface area is 276 Å². The van der Waals surface area contributed by atoms with Crippen LogP contribution in [0.1, 0.15) is 112 Å². The molecule has 0 saturated carbocycles. The van der Waals surface area contributed by atoms with Gasteiger partial charge in [-0.25, -0.2) is 4.79 Å². The van der Waals surface area contributed by atoms with Crippen LogP contribution in [0.3, 0.4) is 0 Å². The molecule has 0 unspecified atom stereocenters. The summed E-state index contributed by atoms with van der Waals surface area (Å²) >= 11 is 0. The van der Waals surface area contributed by atoms with Crippen LogP contribution in [0.4, 0.5) is 0 Å². The van der Waals surface area contributed by atoms with E-state index in [1.807, 2.05) is 26.8 Å². The number of ketones is 1. The smallest absolute Gasteiger partial charge is 0.328 e. The number of ether oxygens (including phenoxy) is 1. The van der Waals surface area contributed by atoms with E-state index >= 15 is 0 Å². The predicted octanol–water partition coefficient (Wildman–Crippen LogP) is 5.03. The van der Waals surface area contributed by atoms with Gasteiger partial charge < -0.3 is 26.4 Å². The van der Waals surface area contributed by atoms with Gasteiger partial charge in [0.1, 0.15) is 12.1 Å². The first-order valence-electron chi connectivity index (χ1n) is 17.1. The highest BCUT2D eigenvalue weighted by Crippen LogP contribution is 2.21. The summed E-state index contributed by atoms with van der Waals surface area (Å²) in [5.41, 5.74) is 6.50. The average Bonchev–Trinajstić information content (AvgIpc) is 3.01. The fraction of sp³-hybridized carbons (Fsp3) is 0.694. The van der Waals surface area contributed by atoms with Crippen LogP contribution in [0.5, 0.6) is 0 Å². The maximum Gasteiger partial charge on any atom is 0.328 e. The predicted molar refractivity (Wildman–Crippen MR) is 182 cm³/mol. The monoisotopic (exact) mass is 644 g/mol. The second-order valence-corrected chi connectivity index (χ2v) is 13.2. The maximum absolute atomic E-state index is 13.3. The number of nitrogens with one attached hydrogen (secondary N) is 3. The number of cyclic esters (lactones) is 1. The first-order valence-corrected chi connectivity index (χ1v) is 17.1. The van der Waals surface area contributed by atoms with E-state index in [1.165, 1.54) is 32.1 Å². The van der Waals surface area contributed by atoms with Crippen molar-refractivity contribution in [2.45, 2.75) is 124 Å². The SMILES string of the molecule is C=C1NC[C@H](C)[C@H](CC[C@@H](C)C(=O)C=CC(C)=CCC[C@@H](C)CCCCCC)OC(=O)[C@H](CCC(N)=O)NC(=O)[C@@H](C)CNC1=O. The largest absolute Gasteiger partial charge is 0.460 e. The highest BCUT2D eigenvalue weighted by atomic mass is 16.5. The molecule has 0 radical (unpaired) electrons. The van der Waals surface area contributed by atoms with Gasteiger partial charge in [0.25, 0.3) is 5.91 Å². The molecule has 1 aliphatic heterocycles. The second kappa shape index (κ2) is 22.2. The topological polar surface area (TPSA) is 157 Å². The van der Waals surface area contributed by atoms with Crippen LogP contribution in [0, 0.1) is 23.7 Å². The minimum atomic E-state index is -1.08. The van der Waals surface area contributed by atoms with Crippen molar-refractivity contribution in [2.75, 3.05) is 13.1 Å². The summed E-state index contributed by atoms with van der Waals surface area (Å²) in [5, 5.41) is 8.32. The summed E-state index contributed by atoms with van der Waals surface area (Å²) in [6.07, 6.45) is 14.3. The molecule has 5 N–H and O–H groups in total. The molecule has 0 bridgehead atoms. The lowest BCUT2D eigenvalue weighted by molar-refractivity contribution is -0.156. The zero-order chi connectivity index (χ0) is 34.6. The molecule has 260 valence electrons. The highest BCUT2D eigenvalue weighted by molar-refractivity contribution is 5.93. The third-order valence-electron chi connectivity index (χ3n) is 8.67. The van der Waals surface area contributed by atoms with Crippen LogP contribution in [-0.4, -0.2) is 54.7 Å². The molecule has 1 aliphatic rings. The third-order valence-corrected chi connectivity index (χ3v) is 8.67. The van der Waals surface area contributed by atoms with E-state index in [0.717, 1.165) is 18.4 Å². The first-order chi connectivity index (χ1) is 21.7. The minimum absolute atomic E-state index is 0.0133. The summed E-state index contributed by atoms with van der Waals surface area (Å²) in [7, 11) is 0. The van der Waals surface area contributed by atoms with Crippen LogP contribution in [0.2, 0.25) is 0 Å². The molecule has 1 fully saturated rings. The lowest BCUT2D eigenvalue weighted by atomic mass is 9.92. The molecule has 10 nitrogen and oxygen atoms in total. The quantitative estimate of drug-likeness (QED) is 0.0749. The maximum atomic E-state index is 13.3. The summed E-state index contributed by atoms with van der Waals surface area (Å²) in [5.74, 6) is -2.74. The van der Waals surface area contributed by atoms with Gasteiger partial charge in [-0.15, -0.1) is 0 Å². The number of hydrogen-bond acceptors (Lipinski definition) is 7. The number of unbranched alkanes of at least 4 members (excludes halogenated alkanes) is 3. The van der Waals surface area contributed by atoms with Crippen molar-refractivity contribution in [2.24, 2.45) is 29.4 Å². The molecular formula is C36H60N4O6. The molecule has 0 aliphatic carbocycles. The van der Waals surface area contributed by atoms with Crippen molar-refractivity contribution in [3.8, 4) is 0 Å². The highest BCUT2D eigenvalue weighted by Gasteiger charge is 2.31. The number of carbonyl (C=O) groups excluding carboxylic acids is 5. The van der Waals surface area contributed by atoms with E-state index in [1.54, 1.807) is 13.0 Å². The Hall–Kier alpha value is -3.43. The molecule has 46 heavy (non-hydrogen) atoms. The third kappa shape index (κ3) is 16.8. The minimum Gasteiger partial charge on any atom is -0.460 e. The number of allylic oxidation sites excluding steroid dienone is 4. The van der Waals surface area contributed by atoms with Gasteiger partial charge in [0.2, 0.25) is 11.8 Å². The number of primary amides is 1. The van der Waals surface area contributed by atoms with Crippen molar-refractivity contribution < 1.29 is 28.7 Å². The Morgan fingerprint density at radius 1 is 1.00 bits per heavy atom. The Balaban J connectivity index is 2.89. The van der Waals surface area contributed by atoms with Crippen LogP contribution in [-0.2, 0) is 28.7 Å². The van der Waals surface area contributed by atoms with Gasteiger partial charge in [0, 0.05) is 31.3 Å². The summed E-state index contributed by atoms with van der Waals surface area (Å²) in [6, 6.07) is -1.08. The molecule has 0 aromatic carbocycles. The Morgan fingerprint density at radius 2 is 1.72 bits per heavy atom. The van der Waals surface area contributed by atoms with Gasteiger partial charge in [0.15, 0.2) is 5.78 Å². The van der Waals surface area contributed by atoms with Gasteiger partial charge in [-0.1, -0.05) is 91.0 Å². The van der Waals surface area contributed by atoms with E-state index in [-0.39, 0.29) is 42.7 Å². The molecule has 1 rings (SSSR count). The Bertz CT molecular complexity index is 1080. The lowest BCUT2D eigenvalue weighted by Crippen LogP contribution is -2.49. The second-order valence-electron chi connectivity index (χ2n) is 13.2. The van der Waals surface area contributed by atoms with Gasteiger partial charge in [-0.05, 0) is 51.0 Å². The molecule has 10 heteroatoms. The van der Waals surface area contributed by atoms with E-state index in [0.29, 0.717) is 25.3 Å². The van der Waals surface area contributed by atoms with Gasteiger partial charge in [-0.2, -0.15) is 0 Å². The van der Waals surface area contributed by atoms with Gasteiger partial charge >= 0.3 is 5.97 Å². The van der Waals surface area contributed by atoms with Crippen LogP contribution >= 0.6 is 0 Å². The number of nitrogens with two attached hydrogens (primary N) is 1. The molecule has 1 heterocycles. The summed E-state index contributed by atoms with van der Waals surface area (Å²) < 4.78 is 5.91.